The van der Waals surface area contributed by atoms with Crippen LogP contribution >= 0.6 is 0 Å². The molecule has 0 atom stereocenters. The minimum Gasteiger partial charge on any atom is -0.489 e. The van der Waals surface area contributed by atoms with Crippen molar-refractivity contribution in [1.82, 2.24) is 9.97 Å². The fourth-order valence-corrected chi connectivity index (χ4v) is 1.17. The lowest BCUT2D eigenvalue weighted by atomic mass is 10.2. The van der Waals surface area contributed by atoms with E-state index in [0.29, 0.717) is 5.82 Å². The van der Waals surface area contributed by atoms with Gasteiger partial charge in [-0.15, -0.1) is 0 Å². The van der Waals surface area contributed by atoms with Gasteiger partial charge in [-0.3, -0.25) is 0 Å². The van der Waals surface area contributed by atoms with Crippen LogP contribution in [-0.2, 0) is 0 Å². The molecule has 0 bridgehead atoms. The number of nitrogens with zero attached hydrogens (tertiary/aromatic N) is 2. The molecule has 0 amide bonds. The van der Waals surface area contributed by atoms with Crippen molar-refractivity contribution >= 4 is 5.97 Å². The highest BCUT2D eigenvalue weighted by atomic mass is 16.5. The van der Waals surface area contributed by atoms with Gasteiger partial charge in [-0.2, -0.15) is 4.98 Å². The molecule has 0 unspecified atom stereocenters. The highest BCUT2D eigenvalue weighted by Crippen LogP contribution is 2.29. The van der Waals surface area contributed by atoms with Gasteiger partial charge in [0, 0.05) is 5.92 Å². The summed E-state index contributed by atoms with van der Waals surface area (Å²) in [6.45, 7) is 3.74. The zero-order chi connectivity index (χ0) is 12.3. The van der Waals surface area contributed by atoms with Gasteiger partial charge in [0.15, 0.2) is 5.69 Å². The average Bonchev–Trinajstić information content (AvgIpc) is 2.26. The Kier molecular flexibility index (Phi) is 3.65. The van der Waals surface area contributed by atoms with Crippen LogP contribution in [0.2, 0.25) is 0 Å². The molecule has 16 heavy (non-hydrogen) atoms. The van der Waals surface area contributed by atoms with Gasteiger partial charge in [-0.1, -0.05) is 13.8 Å². The summed E-state index contributed by atoms with van der Waals surface area (Å²) in [6, 6.07) is 0. The number of methoxy groups -OCH3 is 2. The molecule has 0 fully saturated rings. The van der Waals surface area contributed by atoms with Crippen LogP contribution in [0.3, 0.4) is 0 Å². The SMILES string of the molecule is COc1nc(C(C)C)nc(C(=O)O)c1OC. The van der Waals surface area contributed by atoms with Gasteiger partial charge < -0.3 is 14.6 Å². The molecule has 88 valence electrons. The van der Waals surface area contributed by atoms with Crippen molar-refractivity contribution in [3.05, 3.63) is 11.5 Å². The smallest absolute Gasteiger partial charge is 0.358 e. The molecule has 0 aliphatic heterocycles. The van der Waals surface area contributed by atoms with E-state index in [1.165, 1.54) is 14.2 Å². The van der Waals surface area contributed by atoms with Crippen LogP contribution in [-0.4, -0.2) is 35.3 Å². The fraction of sp³-hybridized carbons (Fsp3) is 0.500. The van der Waals surface area contributed by atoms with Crippen LogP contribution in [0.25, 0.3) is 0 Å². The van der Waals surface area contributed by atoms with Crippen LogP contribution in [0, 0.1) is 0 Å². The number of aromatic nitrogens is 2. The molecule has 0 aliphatic rings. The Labute approximate surface area is 93.2 Å². The van der Waals surface area contributed by atoms with E-state index in [-0.39, 0.29) is 23.2 Å². The molecule has 1 heterocycles. The summed E-state index contributed by atoms with van der Waals surface area (Å²) >= 11 is 0. The first-order valence-electron chi connectivity index (χ1n) is 4.74. The van der Waals surface area contributed by atoms with Crippen LogP contribution in [0.15, 0.2) is 0 Å². The molecule has 6 nitrogen and oxygen atoms in total. The van der Waals surface area contributed by atoms with E-state index in [1.807, 2.05) is 13.8 Å². The van der Waals surface area contributed by atoms with Crippen molar-refractivity contribution in [1.29, 1.82) is 0 Å². The molecule has 0 aromatic carbocycles. The average molecular weight is 226 g/mol. The van der Waals surface area contributed by atoms with Crippen molar-refractivity contribution in [2.75, 3.05) is 14.2 Å². The highest BCUT2D eigenvalue weighted by Gasteiger charge is 2.22. The minimum atomic E-state index is -1.17. The second-order valence-corrected chi connectivity index (χ2v) is 3.43. The number of carboxylic acids is 1. The van der Waals surface area contributed by atoms with Gasteiger partial charge >= 0.3 is 5.97 Å². The standard InChI is InChI=1S/C10H14N2O4/c1-5(2)8-11-6(10(13)14)7(15-3)9(12-8)16-4/h5H,1-4H3,(H,13,14). The number of carboxylic acid groups (broad SMARTS) is 1. The summed E-state index contributed by atoms with van der Waals surface area (Å²) in [6.07, 6.45) is 0. The largest absolute Gasteiger partial charge is 0.489 e. The second kappa shape index (κ2) is 4.78. The maximum Gasteiger partial charge on any atom is 0.358 e. The predicted octanol–water partition coefficient (Wildman–Crippen LogP) is 1.32. The van der Waals surface area contributed by atoms with Crippen molar-refractivity contribution in [3.63, 3.8) is 0 Å². The lowest BCUT2D eigenvalue weighted by molar-refractivity contribution is 0.0684. The van der Waals surface area contributed by atoms with Gasteiger partial charge in [0.25, 0.3) is 5.88 Å². The van der Waals surface area contributed by atoms with Gasteiger partial charge in [0.05, 0.1) is 14.2 Å². The van der Waals surface area contributed by atoms with E-state index in [4.69, 9.17) is 14.6 Å². The van der Waals surface area contributed by atoms with E-state index >= 15 is 0 Å². The van der Waals surface area contributed by atoms with Crippen LogP contribution in [0.1, 0.15) is 36.1 Å². The molecule has 0 spiro atoms. The van der Waals surface area contributed by atoms with E-state index in [0.717, 1.165) is 0 Å². The van der Waals surface area contributed by atoms with E-state index in [9.17, 15) is 4.79 Å². The zero-order valence-electron chi connectivity index (χ0n) is 9.64. The maximum atomic E-state index is 11.0. The maximum absolute atomic E-state index is 11.0. The molecule has 6 heteroatoms. The molecule has 1 aromatic rings. The van der Waals surface area contributed by atoms with E-state index in [1.54, 1.807) is 0 Å². The second-order valence-electron chi connectivity index (χ2n) is 3.43. The van der Waals surface area contributed by atoms with E-state index in [2.05, 4.69) is 9.97 Å². The normalized spacial score (nSPS) is 10.3. The fourth-order valence-electron chi connectivity index (χ4n) is 1.17. The first-order valence-corrected chi connectivity index (χ1v) is 4.74. The Morgan fingerprint density at radius 3 is 2.25 bits per heavy atom. The van der Waals surface area contributed by atoms with Crippen molar-refractivity contribution in [2.24, 2.45) is 0 Å². The number of rotatable bonds is 4. The Morgan fingerprint density at radius 1 is 1.25 bits per heavy atom. The summed E-state index contributed by atoms with van der Waals surface area (Å²) in [7, 11) is 2.75. The summed E-state index contributed by atoms with van der Waals surface area (Å²) in [4.78, 5) is 19.0. The van der Waals surface area contributed by atoms with Crippen LogP contribution < -0.4 is 9.47 Å². The van der Waals surface area contributed by atoms with Gasteiger partial charge in [0.1, 0.15) is 5.82 Å². The quantitative estimate of drug-likeness (QED) is 0.833. The summed E-state index contributed by atoms with van der Waals surface area (Å²) in [5.74, 6) is -0.564. The van der Waals surface area contributed by atoms with Gasteiger partial charge in [-0.25, -0.2) is 9.78 Å². The monoisotopic (exact) mass is 226 g/mol. The first-order chi connectivity index (χ1) is 7.51. The lowest BCUT2D eigenvalue weighted by Crippen LogP contribution is -2.11. The predicted molar refractivity (Wildman–Crippen MR) is 56.2 cm³/mol. The lowest BCUT2D eigenvalue weighted by Gasteiger charge is -2.12. The molecule has 0 saturated carbocycles. The summed E-state index contributed by atoms with van der Waals surface area (Å²) in [5, 5.41) is 9.00. The van der Waals surface area contributed by atoms with Gasteiger partial charge in [0.2, 0.25) is 5.75 Å². The van der Waals surface area contributed by atoms with Crippen LogP contribution in [0.5, 0.6) is 11.6 Å². The molecule has 0 radical (unpaired) electrons. The highest BCUT2D eigenvalue weighted by molar-refractivity contribution is 5.89. The molecular weight excluding hydrogens is 212 g/mol. The minimum absolute atomic E-state index is 0.0120. The Morgan fingerprint density at radius 2 is 1.88 bits per heavy atom. The van der Waals surface area contributed by atoms with Crippen molar-refractivity contribution < 1.29 is 19.4 Å². The summed E-state index contributed by atoms with van der Waals surface area (Å²) < 4.78 is 9.91. The molecular formula is C10H14N2O4. The zero-order valence-corrected chi connectivity index (χ0v) is 9.64. The van der Waals surface area contributed by atoms with Crippen molar-refractivity contribution in [2.45, 2.75) is 19.8 Å². The van der Waals surface area contributed by atoms with Gasteiger partial charge in [-0.05, 0) is 0 Å². The molecule has 1 N–H and O–H groups in total. The summed E-state index contributed by atoms with van der Waals surface area (Å²) in [5.41, 5.74) is -0.182. The number of aromatic carboxylic acids is 1. The molecule has 1 aromatic heterocycles. The number of hydrogen-bond acceptors (Lipinski definition) is 5. The first kappa shape index (κ1) is 12.2. The molecule has 0 aliphatic carbocycles. The number of carbonyl (C=O) groups is 1. The third-order valence-electron chi connectivity index (χ3n) is 1.97. The Bertz CT molecular complexity index is 404. The van der Waals surface area contributed by atoms with E-state index < -0.39 is 5.97 Å². The van der Waals surface area contributed by atoms with Crippen LogP contribution in [0.4, 0.5) is 0 Å². The third-order valence-corrected chi connectivity index (χ3v) is 1.97. The molecule has 1 rings (SSSR count). The topological polar surface area (TPSA) is 81.5 Å². The third kappa shape index (κ3) is 2.21. The Balaban J connectivity index is 3.43. The van der Waals surface area contributed by atoms with Crippen molar-refractivity contribution in [3.8, 4) is 11.6 Å². The molecule has 0 saturated heterocycles. The Hall–Kier alpha value is -1.85. The number of hydrogen-bond donors (Lipinski definition) is 1. The number of ether oxygens (including phenoxy) is 2.